The molecule has 0 nitrogen and oxygen atoms in total. The van der Waals surface area contributed by atoms with Gasteiger partial charge in [0.1, 0.15) is 0 Å². The van der Waals surface area contributed by atoms with Crippen LogP contribution in [0.5, 0.6) is 0 Å². The molecule has 0 spiro atoms. The topological polar surface area (TPSA) is 0 Å². The molecule has 76 valence electrons. The van der Waals surface area contributed by atoms with Crippen LogP contribution in [-0.4, -0.2) is 0 Å². The van der Waals surface area contributed by atoms with Gasteiger partial charge < -0.3 is 0 Å². The lowest BCUT2D eigenvalue weighted by molar-refractivity contribution is 1.48. The van der Waals surface area contributed by atoms with E-state index in [9.17, 15) is 0 Å². The summed E-state index contributed by atoms with van der Waals surface area (Å²) in [4.78, 5) is 2.65. The molecule has 1 aromatic heterocycles. The third kappa shape index (κ3) is 2.37. The van der Waals surface area contributed by atoms with Gasteiger partial charge in [0.25, 0.3) is 0 Å². The fourth-order valence-electron chi connectivity index (χ4n) is 1.48. The summed E-state index contributed by atoms with van der Waals surface area (Å²) in [5, 5.41) is 0. The SMILES string of the molecule is C/C=C/c1ccc(-c2ccc(C)cc2)s1. The molecule has 0 saturated heterocycles. The average Bonchev–Trinajstić information content (AvgIpc) is 2.68. The van der Waals surface area contributed by atoms with Gasteiger partial charge in [-0.1, -0.05) is 35.9 Å². The summed E-state index contributed by atoms with van der Waals surface area (Å²) >= 11 is 1.83. The Balaban J connectivity index is 2.33. The van der Waals surface area contributed by atoms with Crippen molar-refractivity contribution in [2.24, 2.45) is 0 Å². The van der Waals surface area contributed by atoms with Gasteiger partial charge >= 0.3 is 0 Å². The Hall–Kier alpha value is -1.34. The van der Waals surface area contributed by atoms with Crippen molar-refractivity contribution in [3.8, 4) is 10.4 Å². The summed E-state index contributed by atoms with van der Waals surface area (Å²) < 4.78 is 0. The first-order valence-corrected chi connectivity index (χ1v) is 5.91. The highest BCUT2D eigenvalue weighted by Crippen LogP contribution is 2.28. The fourth-order valence-corrected chi connectivity index (χ4v) is 2.46. The van der Waals surface area contributed by atoms with Gasteiger partial charge in [0.15, 0.2) is 0 Å². The molecule has 0 atom stereocenters. The second kappa shape index (κ2) is 4.45. The van der Waals surface area contributed by atoms with Crippen LogP contribution in [0.25, 0.3) is 16.5 Å². The summed E-state index contributed by atoms with van der Waals surface area (Å²) in [6.45, 7) is 4.16. The molecule has 2 rings (SSSR count). The molecule has 0 radical (unpaired) electrons. The molecule has 0 saturated carbocycles. The van der Waals surface area contributed by atoms with E-state index < -0.39 is 0 Å². The molecule has 1 aromatic carbocycles. The largest absolute Gasteiger partial charge is 0.136 e. The Kier molecular flexibility index (Phi) is 3.02. The van der Waals surface area contributed by atoms with E-state index in [2.05, 4.69) is 55.5 Å². The minimum atomic E-state index is 1.31. The van der Waals surface area contributed by atoms with E-state index in [0.717, 1.165) is 0 Å². The van der Waals surface area contributed by atoms with Gasteiger partial charge in [-0.05, 0) is 37.6 Å². The van der Waals surface area contributed by atoms with E-state index in [4.69, 9.17) is 0 Å². The second-order valence-electron chi connectivity index (χ2n) is 3.57. The van der Waals surface area contributed by atoms with Crippen LogP contribution in [0.15, 0.2) is 42.5 Å². The fraction of sp³-hybridized carbons (Fsp3) is 0.143. The van der Waals surface area contributed by atoms with E-state index in [1.165, 1.54) is 20.9 Å². The summed E-state index contributed by atoms with van der Waals surface area (Å²) in [6.07, 6.45) is 4.22. The van der Waals surface area contributed by atoms with Crippen molar-refractivity contribution in [1.82, 2.24) is 0 Å². The molecule has 0 unspecified atom stereocenters. The number of rotatable bonds is 2. The van der Waals surface area contributed by atoms with Crippen LogP contribution < -0.4 is 0 Å². The normalized spacial score (nSPS) is 11.1. The molecule has 2 aromatic rings. The number of hydrogen-bond donors (Lipinski definition) is 0. The van der Waals surface area contributed by atoms with Crippen molar-refractivity contribution in [1.29, 1.82) is 0 Å². The maximum Gasteiger partial charge on any atom is 0.0349 e. The van der Waals surface area contributed by atoms with Crippen LogP contribution in [0.4, 0.5) is 0 Å². The predicted molar refractivity (Wildman–Crippen MR) is 69.2 cm³/mol. The zero-order valence-electron chi connectivity index (χ0n) is 9.03. The lowest BCUT2D eigenvalue weighted by Gasteiger charge is -1.97. The van der Waals surface area contributed by atoms with Gasteiger partial charge in [-0.2, -0.15) is 0 Å². The molecule has 0 aliphatic rings. The lowest BCUT2D eigenvalue weighted by Crippen LogP contribution is -1.72. The van der Waals surface area contributed by atoms with E-state index in [-0.39, 0.29) is 0 Å². The van der Waals surface area contributed by atoms with E-state index in [1.54, 1.807) is 0 Å². The molecule has 1 heterocycles. The van der Waals surface area contributed by atoms with Crippen LogP contribution in [-0.2, 0) is 0 Å². The molecule has 0 aliphatic carbocycles. The number of hydrogen-bond acceptors (Lipinski definition) is 1. The monoisotopic (exact) mass is 214 g/mol. The first-order chi connectivity index (χ1) is 7.29. The minimum absolute atomic E-state index is 1.31. The van der Waals surface area contributed by atoms with Gasteiger partial charge in [-0.25, -0.2) is 0 Å². The van der Waals surface area contributed by atoms with Crippen LogP contribution in [0.3, 0.4) is 0 Å². The molecule has 0 amide bonds. The standard InChI is InChI=1S/C14H14S/c1-3-4-13-9-10-14(15-13)12-7-5-11(2)6-8-12/h3-10H,1-2H3/b4-3+. The number of thiophene rings is 1. The van der Waals surface area contributed by atoms with Crippen molar-refractivity contribution < 1.29 is 0 Å². The van der Waals surface area contributed by atoms with E-state index in [1.807, 2.05) is 18.3 Å². The Morgan fingerprint density at radius 2 is 1.73 bits per heavy atom. The Morgan fingerprint density at radius 1 is 1.00 bits per heavy atom. The smallest absolute Gasteiger partial charge is 0.0349 e. The first kappa shape index (κ1) is 10.2. The third-order valence-electron chi connectivity index (χ3n) is 2.29. The van der Waals surface area contributed by atoms with Crippen LogP contribution in [0.1, 0.15) is 17.4 Å². The summed E-state index contributed by atoms with van der Waals surface area (Å²) in [5.41, 5.74) is 2.62. The van der Waals surface area contributed by atoms with Gasteiger partial charge in [-0.3, -0.25) is 0 Å². The zero-order chi connectivity index (χ0) is 10.7. The van der Waals surface area contributed by atoms with E-state index in [0.29, 0.717) is 0 Å². The summed E-state index contributed by atoms with van der Waals surface area (Å²) in [6, 6.07) is 13.0. The maximum atomic E-state index is 2.19. The Morgan fingerprint density at radius 3 is 2.40 bits per heavy atom. The molecule has 0 fully saturated rings. The Labute approximate surface area is 94.9 Å². The van der Waals surface area contributed by atoms with Gasteiger partial charge in [-0.15, -0.1) is 11.3 Å². The average molecular weight is 214 g/mol. The summed E-state index contributed by atoms with van der Waals surface area (Å²) in [5.74, 6) is 0. The van der Waals surface area contributed by atoms with Gasteiger partial charge in [0.2, 0.25) is 0 Å². The van der Waals surface area contributed by atoms with Crippen molar-refractivity contribution >= 4 is 17.4 Å². The van der Waals surface area contributed by atoms with Crippen molar-refractivity contribution in [2.75, 3.05) is 0 Å². The zero-order valence-corrected chi connectivity index (χ0v) is 9.84. The molecule has 0 aliphatic heterocycles. The van der Waals surface area contributed by atoms with Gasteiger partial charge in [0.05, 0.1) is 0 Å². The maximum absolute atomic E-state index is 2.19. The highest BCUT2D eigenvalue weighted by Gasteiger charge is 2.00. The third-order valence-corrected chi connectivity index (χ3v) is 3.39. The molecule has 0 bridgehead atoms. The molecule has 1 heteroatoms. The van der Waals surface area contributed by atoms with Crippen molar-refractivity contribution in [3.05, 3.63) is 52.9 Å². The molecular weight excluding hydrogens is 200 g/mol. The highest BCUT2D eigenvalue weighted by molar-refractivity contribution is 7.16. The van der Waals surface area contributed by atoms with Crippen molar-refractivity contribution in [3.63, 3.8) is 0 Å². The van der Waals surface area contributed by atoms with Crippen LogP contribution >= 0.6 is 11.3 Å². The predicted octanol–water partition coefficient (Wildman–Crippen LogP) is 4.76. The quantitative estimate of drug-likeness (QED) is 0.676. The van der Waals surface area contributed by atoms with Crippen LogP contribution in [0, 0.1) is 6.92 Å². The number of benzene rings is 1. The number of allylic oxidation sites excluding steroid dienone is 1. The summed E-state index contributed by atoms with van der Waals surface area (Å²) in [7, 11) is 0. The first-order valence-electron chi connectivity index (χ1n) is 5.09. The lowest BCUT2D eigenvalue weighted by atomic mass is 10.1. The minimum Gasteiger partial charge on any atom is -0.136 e. The highest BCUT2D eigenvalue weighted by atomic mass is 32.1. The second-order valence-corrected chi connectivity index (χ2v) is 4.68. The van der Waals surface area contributed by atoms with E-state index >= 15 is 0 Å². The molecular formula is C14H14S. The number of aryl methyl sites for hydroxylation is 1. The van der Waals surface area contributed by atoms with Crippen LogP contribution in [0.2, 0.25) is 0 Å². The molecule has 0 N–H and O–H groups in total. The van der Waals surface area contributed by atoms with Crippen molar-refractivity contribution in [2.45, 2.75) is 13.8 Å². The van der Waals surface area contributed by atoms with Gasteiger partial charge in [0, 0.05) is 9.75 Å². The Bertz CT molecular complexity index is 460. The molecule has 15 heavy (non-hydrogen) atoms.